The fourth-order valence-corrected chi connectivity index (χ4v) is 3.76. The van der Waals surface area contributed by atoms with Gasteiger partial charge in [0.05, 0.1) is 30.5 Å². The van der Waals surface area contributed by atoms with Crippen molar-refractivity contribution >= 4 is 40.2 Å². The maximum atomic E-state index is 12.4. The fraction of sp³-hybridized carbons (Fsp3) is 0.227. The Hall–Kier alpha value is -3.06. The molecule has 1 N–H and O–H groups in total. The summed E-state index contributed by atoms with van der Waals surface area (Å²) in [5.74, 6) is 0.386. The number of carbonyl (C=O) groups excluding carboxylic acids is 2. The normalized spacial score (nSPS) is 10.6. The molecule has 0 radical (unpaired) electrons. The number of hydrogen-bond donors (Lipinski definition) is 1. The SMILES string of the molecule is CCOC(=O)c1cccc(NC(=O)CSc2cc(C)nc3ccc(OC)cc23)c1. The summed E-state index contributed by atoms with van der Waals surface area (Å²) in [6.07, 6.45) is 0. The van der Waals surface area contributed by atoms with Crippen LogP contribution in [0.1, 0.15) is 23.0 Å². The van der Waals surface area contributed by atoms with E-state index >= 15 is 0 Å². The summed E-state index contributed by atoms with van der Waals surface area (Å²) < 4.78 is 10.3. The van der Waals surface area contributed by atoms with Crippen molar-refractivity contribution in [2.45, 2.75) is 18.7 Å². The number of aryl methyl sites for hydroxylation is 1. The lowest BCUT2D eigenvalue weighted by molar-refractivity contribution is -0.113. The molecule has 3 aromatic rings. The molecule has 0 saturated heterocycles. The molecule has 1 aromatic heterocycles. The molecule has 2 aromatic carbocycles. The summed E-state index contributed by atoms with van der Waals surface area (Å²) in [4.78, 5) is 29.8. The van der Waals surface area contributed by atoms with E-state index in [0.29, 0.717) is 17.9 Å². The molecule has 0 spiro atoms. The number of thioether (sulfide) groups is 1. The van der Waals surface area contributed by atoms with Gasteiger partial charge in [-0.25, -0.2) is 4.79 Å². The molecule has 0 atom stereocenters. The highest BCUT2D eigenvalue weighted by molar-refractivity contribution is 8.00. The monoisotopic (exact) mass is 410 g/mol. The van der Waals surface area contributed by atoms with Crippen LogP contribution >= 0.6 is 11.8 Å². The second-order valence-electron chi connectivity index (χ2n) is 6.28. The van der Waals surface area contributed by atoms with Gasteiger partial charge in [0.2, 0.25) is 5.91 Å². The van der Waals surface area contributed by atoms with E-state index < -0.39 is 5.97 Å². The van der Waals surface area contributed by atoms with Crippen LogP contribution in [0.5, 0.6) is 5.75 Å². The molecule has 3 rings (SSSR count). The minimum Gasteiger partial charge on any atom is -0.497 e. The number of anilines is 1. The number of nitrogens with one attached hydrogen (secondary N) is 1. The molecular formula is C22H22N2O4S. The second kappa shape index (κ2) is 9.43. The van der Waals surface area contributed by atoms with Gasteiger partial charge in [0.1, 0.15) is 5.75 Å². The van der Waals surface area contributed by atoms with Crippen molar-refractivity contribution in [3.63, 3.8) is 0 Å². The van der Waals surface area contributed by atoms with Crippen molar-refractivity contribution < 1.29 is 19.1 Å². The zero-order valence-corrected chi connectivity index (χ0v) is 17.3. The van der Waals surface area contributed by atoms with E-state index in [9.17, 15) is 9.59 Å². The Morgan fingerprint density at radius 2 is 1.97 bits per heavy atom. The molecule has 7 heteroatoms. The van der Waals surface area contributed by atoms with Crippen molar-refractivity contribution in [1.82, 2.24) is 4.98 Å². The molecule has 0 unspecified atom stereocenters. The summed E-state index contributed by atoms with van der Waals surface area (Å²) in [6.45, 7) is 3.98. The molecule has 0 saturated carbocycles. The lowest BCUT2D eigenvalue weighted by Crippen LogP contribution is -2.14. The van der Waals surface area contributed by atoms with Gasteiger partial charge in [0.25, 0.3) is 0 Å². The molecule has 1 heterocycles. The zero-order valence-electron chi connectivity index (χ0n) is 16.5. The Labute approximate surface area is 173 Å². The van der Waals surface area contributed by atoms with E-state index in [1.54, 1.807) is 38.3 Å². The van der Waals surface area contributed by atoms with Gasteiger partial charge < -0.3 is 14.8 Å². The number of benzene rings is 2. The summed E-state index contributed by atoms with van der Waals surface area (Å²) >= 11 is 1.43. The predicted molar refractivity (Wildman–Crippen MR) is 115 cm³/mol. The average Bonchev–Trinajstić information content (AvgIpc) is 2.72. The minimum absolute atomic E-state index is 0.165. The standard InChI is InChI=1S/C22H22N2O4S/c1-4-28-22(26)15-6-5-7-16(11-15)24-21(25)13-29-20-10-14(2)23-19-9-8-17(27-3)12-18(19)20/h5-12H,4,13H2,1-3H3,(H,24,25). The number of nitrogens with zero attached hydrogens (tertiary/aromatic N) is 1. The summed E-state index contributed by atoms with van der Waals surface area (Å²) in [7, 11) is 1.62. The Bertz CT molecular complexity index is 1050. The van der Waals surface area contributed by atoms with E-state index in [-0.39, 0.29) is 11.7 Å². The smallest absolute Gasteiger partial charge is 0.338 e. The van der Waals surface area contributed by atoms with E-state index in [2.05, 4.69) is 10.3 Å². The number of rotatable bonds is 7. The lowest BCUT2D eigenvalue weighted by atomic mass is 10.2. The molecule has 6 nitrogen and oxygen atoms in total. The third-order valence-electron chi connectivity index (χ3n) is 4.12. The molecular weight excluding hydrogens is 388 g/mol. The highest BCUT2D eigenvalue weighted by Gasteiger charge is 2.11. The second-order valence-corrected chi connectivity index (χ2v) is 7.30. The van der Waals surface area contributed by atoms with Crippen LogP contribution in [0.2, 0.25) is 0 Å². The Balaban J connectivity index is 1.71. The van der Waals surface area contributed by atoms with Crippen LogP contribution in [0.25, 0.3) is 10.9 Å². The van der Waals surface area contributed by atoms with Crippen molar-refractivity contribution in [3.05, 3.63) is 59.8 Å². The predicted octanol–water partition coefficient (Wildman–Crippen LogP) is 4.46. The molecule has 0 bridgehead atoms. The van der Waals surface area contributed by atoms with Crippen LogP contribution in [0, 0.1) is 6.92 Å². The van der Waals surface area contributed by atoms with Gasteiger partial charge in [-0.15, -0.1) is 11.8 Å². The van der Waals surface area contributed by atoms with E-state index in [1.165, 1.54) is 11.8 Å². The Morgan fingerprint density at radius 3 is 2.72 bits per heavy atom. The summed E-state index contributed by atoms with van der Waals surface area (Å²) in [6, 6.07) is 14.4. The van der Waals surface area contributed by atoms with Gasteiger partial charge in [0, 0.05) is 21.7 Å². The first-order chi connectivity index (χ1) is 14.0. The molecule has 0 aliphatic heterocycles. The fourth-order valence-electron chi connectivity index (χ4n) is 2.82. The lowest BCUT2D eigenvalue weighted by Gasteiger charge is -2.10. The van der Waals surface area contributed by atoms with Crippen LogP contribution in [0.15, 0.2) is 53.4 Å². The van der Waals surface area contributed by atoms with Gasteiger partial charge in [0.15, 0.2) is 0 Å². The number of hydrogen-bond acceptors (Lipinski definition) is 6. The number of fused-ring (bicyclic) bond motifs is 1. The van der Waals surface area contributed by atoms with Gasteiger partial charge in [-0.05, 0) is 56.3 Å². The Kier molecular flexibility index (Phi) is 6.72. The molecule has 29 heavy (non-hydrogen) atoms. The average molecular weight is 410 g/mol. The third kappa shape index (κ3) is 5.26. The van der Waals surface area contributed by atoms with Crippen LogP contribution in [0.4, 0.5) is 5.69 Å². The molecule has 150 valence electrons. The number of carbonyl (C=O) groups is 2. The highest BCUT2D eigenvalue weighted by Crippen LogP contribution is 2.30. The zero-order chi connectivity index (χ0) is 20.8. The van der Waals surface area contributed by atoms with Crippen molar-refractivity contribution in [2.24, 2.45) is 0 Å². The number of pyridine rings is 1. The molecule has 0 aliphatic carbocycles. The van der Waals surface area contributed by atoms with Crippen LogP contribution in [0.3, 0.4) is 0 Å². The molecule has 0 fully saturated rings. The van der Waals surface area contributed by atoms with Crippen molar-refractivity contribution in [2.75, 3.05) is 24.8 Å². The van der Waals surface area contributed by atoms with E-state index in [4.69, 9.17) is 9.47 Å². The first-order valence-electron chi connectivity index (χ1n) is 9.15. The third-order valence-corrected chi connectivity index (χ3v) is 5.18. The van der Waals surface area contributed by atoms with Gasteiger partial charge >= 0.3 is 5.97 Å². The van der Waals surface area contributed by atoms with E-state index in [1.807, 2.05) is 31.2 Å². The largest absolute Gasteiger partial charge is 0.497 e. The number of aromatic nitrogens is 1. The summed E-state index contributed by atoms with van der Waals surface area (Å²) in [5.41, 5.74) is 2.70. The maximum absolute atomic E-state index is 12.4. The van der Waals surface area contributed by atoms with Gasteiger partial charge in [-0.1, -0.05) is 6.07 Å². The molecule has 0 aliphatic rings. The number of amides is 1. The first kappa shape index (κ1) is 20.7. The molecule has 1 amide bonds. The van der Waals surface area contributed by atoms with Crippen LogP contribution in [-0.2, 0) is 9.53 Å². The van der Waals surface area contributed by atoms with E-state index in [0.717, 1.165) is 27.2 Å². The van der Waals surface area contributed by atoms with Crippen molar-refractivity contribution in [1.29, 1.82) is 0 Å². The first-order valence-corrected chi connectivity index (χ1v) is 10.1. The maximum Gasteiger partial charge on any atom is 0.338 e. The minimum atomic E-state index is -0.411. The topological polar surface area (TPSA) is 77.5 Å². The number of methoxy groups -OCH3 is 1. The van der Waals surface area contributed by atoms with Gasteiger partial charge in [-0.3, -0.25) is 9.78 Å². The van der Waals surface area contributed by atoms with Gasteiger partial charge in [-0.2, -0.15) is 0 Å². The van der Waals surface area contributed by atoms with Crippen LogP contribution in [-0.4, -0.2) is 36.3 Å². The summed E-state index contributed by atoms with van der Waals surface area (Å²) in [5, 5.41) is 3.77. The Morgan fingerprint density at radius 1 is 1.14 bits per heavy atom. The number of ether oxygens (including phenoxy) is 2. The highest BCUT2D eigenvalue weighted by atomic mass is 32.2. The quantitative estimate of drug-likeness (QED) is 0.458. The van der Waals surface area contributed by atoms with Crippen LogP contribution < -0.4 is 10.1 Å². The van der Waals surface area contributed by atoms with Crippen molar-refractivity contribution in [3.8, 4) is 5.75 Å². The number of esters is 1.